The molecule has 0 spiro atoms. The summed E-state index contributed by atoms with van der Waals surface area (Å²) in [6, 6.07) is 7.31. The van der Waals surface area contributed by atoms with Crippen LogP contribution in [-0.2, 0) is 11.3 Å². The highest BCUT2D eigenvalue weighted by atomic mass is 35.5. The Hall–Kier alpha value is -1.63. The summed E-state index contributed by atoms with van der Waals surface area (Å²) >= 11 is 5.93. The molecule has 6 nitrogen and oxygen atoms in total. The first-order valence-corrected chi connectivity index (χ1v) is 9.61. The lowest BCUT2D eigenvalue weighted by Gasteiger charge is -2.36. The summed E-state index contributed by atoms with van der Waals surface area (Å²) in [5.41, 5.74) is 1.24. The van der Waals surface area contributed by atoms with Crippen LogP contribution in [0.5, 0.6) is 0 Å². The molecule has 0 aliphatic carbocycles. The maximum atomic E-state index is 12.5. The third-order valence-corrected chi connectivity index (χ3v) is 5.19. The quantitative estimate of drug-likeness (QED) is 0.772. The summed E-state index contributed by atoms with van der Waals surface area (Å²) in [5.74, 6) is 0.285. The van der Waals surface area contributed by atoms with E-state index in [1.807, 2.05) is 12.1 Å². The SMILES string of the molecule is CC(C)CC1NC(=O)N(CN2CCN(Cc3ccc(Cl)cc3)CC2)C1=O. The lowest BCUT2D eigenvalue weighted by Crippen LogP contribution is -2.51. The Morgan fingerprint density at radius 2 is 1.69 bits per heavy atom. The highest BCUT2D eigenvalue weighted by molar-refractivity contribution is 6.30. The maximum Gasteiger partial charge on any atom is 0.325 e. The van der Waals surface area contributed by atoms with Gasteiger partial charge < -0.3 is 5.32 Å². The van der Waals surface area contributed by atoms with E-state index in [4.69, 9.17) is 11.6 Å². The van der Waals surface area contributed by atoms with Crippen molar-refractivity contribution in [2.75, 3.05) is 32.8 Å². The molecule has 1 aromatic rings. The highest BCUT2D eigenvalue weighted by Crippen LogP contribution is 2.16. The number of halogens is 1. The van der Waals surface area contributed by atoms with E-state index in [1.165, 1.54) is 10.5 Å². The second kappa shape index (κ2) is 8.37. The van der Waals surface area contributed by atoms with Crippen molar-refractivity contribution in [3.8, 4) is 0 Å². The Morgan fingerprint density at radius 1 is 1.08 bits per heavy atom. The van der Waals surface area contributed by atoms with Gasteiger partial charge in [-0.2, -0.15) is 0 Å². The number of piperazine rings is 1. The first-order valence-electron chi connectivity index (χ1n) is 9.23. The number of amides is 3. The molecule has 7 heteroatoms. The van der Waals surface area contributed by atoms with Crippen molar-refractivity contribution in [3.63, 3.8) is 0 Å². The van der Waals surface area contributed by atoms with Crippen LogP contribution < -0.4 is 5.32 Å². The van der Waals surface area contributed by atoms with Crippen LogP contribution >= 0.6 is 11.6 Å². The van der Waals surface area contributed by atoms with Crippen LogP contribution in [-0.4, -0.2) is 65.5 Å². The third kappa shape index (κ3) is 4.75. The van der Waals surface area contributed by atoms with Crippen molar-refractivity contribution in [3.05, 3.63) is 34.9 Å². The van der Waals surface area contributed by atoms with Crippen LogP contribution in [0.1, 0.15) is 25.8 Å². The number of imide groups is 1. The van der Waals surface area contributed by atoms with Crippen molar-refractivity contribution in [1.29, 1.82) is 0 Å². The lowest BCUT2D eigenvalue weighted by molar-refractivity contribution is -0.129. The molecule has 3 rings (SSSR count). The van der Waals surface area contributed by atoms with Crippen LogP contribution in [0.4, 0.5) is 4.79 Å². The molecule has 1 N–H and O–H groups in total. The first-order chi connectivity index (χ1) is 12.4. The first kappa shape index (κ1) is 19.1. The topological polar surface area (TPSA) is 55.9 Å². The van der Waals surface area contributed by atoms with Gasteiger partial charge in [-0.15, -0.1) is 0 Å². The average Bonchev–Trinajstić information content (AvgIpc) is 2.85. The lowest BCUT2D eigenvalue weighted by atomic mass is 10.0. The molecule has 2 heterocycles. The zero-order valence-corrected chi connectivity index (χ0v) is 16.2. The summed E-state index contributed by atoms with van der Waals surface area (Å²) < 4.78 is 0. The minimum Gasteiger partial charge on any atom is -0.326 e. The number of rotatable bonds is 6. The number of hydrogen-bond donors (Lipinski definition) is 1. The second-order valence-electron chi connectivity index (χ2n) is 7.56. The minimum atomic E-state index is -0.367. The molecule has 1 unspecified atom stereocenters. The number of hydrogen-bond acceptors (Lipinski definition) is 4. The fraction of sp³-hybridized carbons (Fsp3) is 0.579. The largest absolute Gasteiger partial charge is 0.326 e. The molecular formula is C19H27ClN4O2. The van der Waals surface area contributed by atoms with E-state index in [2.05, 4.69) is 41.1 Å². The van der Waals surface area contributed by atoms with Crippen LogP contribution in [0, 0.1) is 5.92 Å². The van der Waals surface area contributed by atoms with Crippen molar-refractivity contribution in [2.45, 2.75) is 32.9 Å². The van der Waals surface area contributed by atoms with E-state index in [1.54, 1.807) is 0 Å². The normalized spacial score (nSPS) is 22.3. The van der Waals surface area contributed by atoms with Crippen molar-refractivity contribution in [1.82, 2.24) is 20.0 Å². The van der Waals surface area contributed by atoms with Gasteiger partial charge in [-0.05, 0) is 30.0 Å². The number of nitrogens with zero attached hydrogens (tertiary/aromatic N) is 3. The maximum absolute atomic E-state index is 12.5. The standard InChI is InChI=1S/C19H27ClN4O2/c1-14(2)11-17-18(25)24(19(26)21-17)13-23-9-7-22(8-10-23)12-15-3-5-16(20)6-4-15/h3-6,14,17H,7-13H2,1-2H3,(H,21,26). The molecule has 0 saturated carbocycles. The minimum absolute atomic E-state index is 0.0905. The van der Waals surface area contributed by atoms with Gasteiger partial charge in [0.25, 0.3) is 5.91 Å². The fourth-order valence-corrected chi connectivity index (χ4v) is 3.60. The summed E-state index contributed by atoms with van der Waals surface area (Å²) in [5, 5.41) is 3.56. The Bertz CT molecular complexity index is 641. The molecule has 2 saturated heterocycles. The summed E-state index contributed by atoms with van der Waals surface area (Å²) in [6.07, 6.45) is 0.690. The third-order valence-electron chi connectivity index (χ3n) is 4.94. The van der Waals surface area contributed by atoms with Gasteiger partial charge in [0.1, 0.15) is 6.04 Å². The monoisotopic (exact) mass is 378 g/mol. The number of nitrogens with one attached hydrogen (secondary N) is 1. The molecule has 0 bridgehead atoms. The molecule has 2 aliphatic heterocycles. The van der Waals surface area contributed by atoms with Gasteiger partial charge in [0.2, 0.25) is 0 Å². The Morgan fingerprint density at radius 3 is 2.31 bits per heavy atom. The molecular weight excluding hydrogens is 352 g/mol. The van der Waals surface area contributed by atoms with Crippen molar-refractivity contribution >= 4 is 23.5 Å². The molecule has 0 radical (unpaired) electrons. The van der Waals surface area contributed by atoms with Crippen LogP contribution in [0.25, 0.3) is 0 Å². The van der Waals surface area contributed by atoms with Gasteiger partial charge in [-0.1, -0.05) is 37.6 Å². The van der Waals surface area contributed by atoms with E-state index in [0.29, 0.717) is 19.0 Å². The molecule has 2 fully saturated rings. The zero-order chi connectivity index (χ0) is 18.7. The molecule has 142 valence electrons. The van der Waals surface area contributed by atoms with Crippen LogP contribution in [0.3, 0.4) is 0 Å². The number of urea groups is 1. The number of carbonyl (C=O) groups is 2. The van der Waals surface area contributed by atoms with E-state index in [-0.39, 0.29) is 18.0 Å². The molecule has 0 aromatic heterocycles. The van der Waals surface area contributed by atoms with Crippen LogP contribution in [0.2, 0.25) is 5.02 Å². The Balaban J connectivity index is 1.47. The van der Waals surface area contributed by atoms with Gasteiger partial charge in [0.05, 0.1) is 6.67 Å². The Labute approximate surface area is 160 Å². The molecule has 2 aliphatic rings. The van der Waals surface area contributed by atoms with Gasteiger partial charge in [-0.3, -0.25) is 14.6 Å². The molecule has 1 atom stereocenters. The summed E-state index contributed by atoms with van der Waals surface area (Å²) in [4.78, 5) is 30.5. The van der Waals surface area contributed by atoms with Gasteiger partial charge in [-0.25, -0.2) is 9.69 Å². The van der Waals surface area contributed by atoms with E-state index in [9.17, 15) is 9.59 Å². The number of benzene rings is 1. The van der Waals surface area contributed by atoms with E-state index in [0.717, 1.165) is 37.7 Å². The second-order valence-corrected chi connectivity index (χ2v) is 8.00. The fourth-order valence-electron chi connectivity index (χ4n) is 3.48. The predicted octanol–water partition coefficient (Wildman–Crippen LogP) is 2.38. The number of carbonyl (C=O) groups excluding carboxylic acids is 2. The van der Waals surface area contributed by atoms with Gasteiger partial charge >= 0.3 is 6.03 Å². The summed E-state index contributed by atoms with van der Waals surface area (Å²) in [6.45, 7) is 8.92. The van der Waals surface area contributed by atoms with E-state index < -0.39 is 0 Å². The van der Waals surface area contributed by atoms with Crippen molar-refractivity contribution in [2.24, 2.45) is 5.92 Å². The molecule has 1 aromatic carbocycles. The smallest absolute Gasteiger partial charge is 0.325 e. The van der Waals surface area contributed by atoms with Crippen molar-refractivity contribution < 1.29 is 9.59 Å². The predicted molar refractivity (Wildman–Crippen MR) is 102 cm³/mol. The zero-order valence-electron chi connectivity index (χ0n) is 15.4. The Kier molecular flexibility index (Phi) is 6.16. The molecule has 26 heavy (non-hydrogen) atoms. The molecule has 3 amide bonds. The van der Waals surface area contributed by atoms with Gasteiger partial charge in [0.15, 0.2) is 0 Å². The summed E-state index contributed by atoms with van der Waals surface area (Å²) in [7, 11) is 0. The van der Waals surface area contributed by atoms with Gasteiger partial charge in [0, 0.05) is 37.7 Å². The van der Waals surface area contributed by atoms with E-state index >= 15 is 0 Å². The average molecular weight is 379 g/mol. The highest BCUT2D eigenvalue weighted by Gasteiger charge is 2.39. The van der Waals surface area contributed by atoms with Crippen LogP contribution in [0.15, 0.2) is 24.3 Å².